The third-order valence-electron chi connectivity index (χ3n) is 6.05. The fraction of sp³-hybridized carbons (Fsp3) is 0.241. The smallest absolute Gasteiger partial charge is 0.349 e. The van der Waals surface area contributed by atoms with Crippen LogP contribution < -0.4 is 18.9 Å². The number of ketones is 1. The lowest BCUT2D eigenvalue weighted by Crippen LogP contribution is -2.17. The van der Waals surface area contributed by atoms with E-state index in [0.29, 0.717) is 35.1 Å². The number of carbonyl (C=O) groups excluding carboxylic acids is 2. The third-order valence-corrected chi connectivity index (χ3v) is 6.05. The highest BCUT2D eigenvalue weighted by Crippen LogP contribution is 2.31. The van der Waals surface area contributed by atoms with Gasteiger partial charge in [-0.3, -0.25) is 4.79 Å². The lowest BCUT2D eigenvalue weighted by Gasteiger charge is -2.12. The summed E-state index contributed by atoms with van der Waals surface area (Å²) in [5.41, 5.74) is 3.48. The molecule has 0 radical (unpaired) electrons. The zero-order valence-corrected chi connectivity index (χ0v) is 20.9. The number of Topliss-reactive ketones (excluding diaryl/α,β-unsaturated/α-hetero) is 1. The summed E-state index contributed by atoms with van der Waals surface area (Å²) in [6.07, 6.45) is 0.732. The number of para-hydroxylation sites is 1. The summed E-state index contributed by atoms with van der Waals surface area (Å²) in [7, 11) is 3.22. The van der Waals surface area contributed by atoms with Crippen molar-refractivity contribution in [2.75, 3.05) is 20.8 Å². The molecular formula is C29H29NO6. The first-order valence-electron chi connectivity index (χ1n) is 11.6. The van der Waals surface area contributed by atoms with Gasteiger partial charge in [-0.05, 0) is 68.3 Å². The van der Waals surface area contributed by atoms with Crippen LogP contribution in [0.15, 0.2) is 66.7 Å². The van der Waals surface area contributed by atoms with Gasteiger partial charge in [0.2, 0.25) is 0 Å². The Labute approximate surface area is 210 Å². The minimum absolute atomic E-state index is 0.0433. The predicted octanol–water partition coefficient (Wildman–Crippen LogP) is 5.40. The Bertz CT molecular complexity index is 1390. The molecule has 1 heterocycles. The molecule has 3 aromatic carbocycles. The van der Waals surface area contributed by atoms with Crippen molar-refractivity contribution < 1.29 is 28.5 Å². The monoisotopic (exact) mass is 487 g/mol. The lowest BCUT2D eigenvalue weighted by atomic mass is 10.1. The maximum absolute atomic E-state index is 12.5. The number of ether oxygens (including phenoxy) is 4. The average molecular weight is 488 g/mol. The molecule has 0 saturated heterocycles. The van der Waals surface area contributed by atoms with Crippen LogP contribution in [0.3, 0.4) is 0 Å². The number of fused-ring (bicyclic) bond motifs is 1. The van der Waals surface area contributed by atoms with Gasteiger partial charge in [-0.15, -0.1) is 0 Å². The molecule has 0 amide bonds. The highest BCUT2D eigenvalue weighted by Gasteiger charge is 2.19. The zero-order chi connectivity index (χ0) is 25.7. The summed E-state index contributed by atoms with van der Waals surface area (Å²) in [5.74, 6) is 1.75. The van der Waals surface area contributed by atoms with E-state index in [4.69, 9.17) is 18.9 Å². The molecule has 0 unspecified atom stereocenters. The molecule has 0 bridgehead atoms. The van der Waals surface area contributed by atoms with Crippen molar-refractivity contribution in [3.63, 3.8) is 0 Å². The quantitative estimate of drug-likeness (QED) is 0.169. The Morgan fingerprint density at radius 2 is 1.61 bits per heavy atom. The molecule has 0 spiro atoms. The van der Waals surface area contributed by atoms with E-state index in [1.165, 1.54) is 0 Å². The first kappa shape index (κ1) is 24.9. The summed E-state index contributed by atoms with van der Waals surface area (Å²) >= 11 is 0. The van der Waals surface area contributed by atoms with Gasteiger partial charge < -0.3 is 23.5 Å². The van der Waals surface area contributed by atoms with Gasteiger partial charge in [0.15, 0.2) is 23.9 Å². The fourth-order valence-electron chi connectivity index (χ4n) is 4.35. The highest BCUT2D eigenvalue weighted by molar-refractivity contribution is 6.08. The van der Waals surface area contributed by atoms with E-state index in [1.807, 2.05) is 49.4 Å². The number of hydrogen-bond acceptors (Lipinski definition) is 6. The second-order valence-electron chi connectivity index (χ2n) is 8.36. The molecule has 0 aliphatic carbocycles. The van der Waals surface area contributed by atoms with E-state index < -0.39 is 5.97 Å². The number of aryl methyl sites for hydroxylation is 2. The van der Waals surface area contributed by atoms with Crippen LogP contribution in [0, 0.1) is 6.92 Å². The molecule has 0 fully saturated rings. The Morgan fingerprint density at radius 1 is 0.861 bits per heavy atom. The number of carbonyl (C=O) groups is 2. The molecule has 0 saturated carbocycles. The first-order chi connectivity index (χ1) is 17.4. The van der Waals surface area contributed by atoms with E-state index >= 15 is 0 Å². The summed E-state index contributed by atoms with van der Waals surface area (Å²) < 4.78 is 23.8. The molecule has 4 rings (SSSR count). The number of nitrogens with zero attached hydrogens (tertiary/aromatic N) is 1. The van der Waals surface area contributed by atoms with Gasteiger partial charge in [0.05, 0.1) is 14.2 Å². The van der Waals surface area contributed by atoms with E-state index in [2.05, 4.69) is 4.57 Å². The van der Waals surface area contributed by atoms with Crippen molar-refractivity contribution in [3.8, 4) is 23.0 Å². The SMILES string of the molecule is COc1ccc(CCn2c(C)c(C(C)=O)c3cc(OC(=O)COc4ccccc4)ccc32)cc1OC. The Balaban J connectivity index is 1.55. The van der Waals surface area contributed by atoms with Crippen LogP contribution in [0.5, 0.6) is 23.0 Å². The van der Waals surface area contributed by atoms with Crippen molar-refractivity contribution >= 4 is 22.7 Å². The van der Waals surface area contributed by atoms with Crippen LogP contribution in [-0.4, -0.2) is 37.1 Å². The fourth-order valence-corrected chi connectivity index (χ4v) is 4.35. The number of hydrogen-bond donors (Lipinski definition) is 0. The lowest BCUT2D eigenvalue weighted by molar-refractivity contribution is -0.136. The molecule has 0 N–H and O–H groups in total. The summed E-state index contributed by atoms with van der Waals surface area (Å²) in [6, 6.07) is 20.3. The summed E-state index contributed by atoms with van der Waals surface area (Å²) in [4.78, 5) is 24.9. The van der Waals surface area contributed by atoms with Gasteiger partial charge in [-0.2, -0.15) is 0 Å². The number of aromatic nitrogens is 1. The van der Waals surface area contributed by atoms with Crippen LogP contribution >= 0.6 is 0 Å². The molecule has 186 valence electrons. The minimum atomic E-state index is -0.521. The van der Waals surface area contributed by atoms with Gasteiger partial charge in [-0.25, -0.2) is 4.79 Å². The Morgan fingerprint density at radius 3 is 2.31 bits per heavy atom. The molecule has 36 heavy (non-hydrogen) atoms. The molecule has 7 nitrogen and oxygen atoms in total. The van der Waals surface area contributed by atoms with Gasteiger partial charge in [0, 0.05) is 28.7 Å². The normalized spacial score (nSPS) is 10.8. The molecule has 0 atom stereocenters. The largest absolute Gasteiger partial charge is 0.493 e. The van der Waals surface area contributed by atoms with Gasteiger partial charge >= 0.3 is 5.97 Å². The molecule has 4 aromatic rings. The average Bonchev–Trinajstić information content (AvgIpc) is 3.17. The maximum atomic E-state index is 12.5. The van der Waals surface area contributed by atoms with Crippen LogP contribution in [0.4, 0.5) is 0 Å². The third kappa shape index (κ3) is 5.35. The number of rotatable bonds is 10. The van der Waals surface area contributed by atoms with Gasteiger partial charge in [0.25, 0.3) is 0 Å². The Kier molecular flexibility index (Phi) is 7.59. The number of methoxy groups -OCH3 is 2. The van der Waals surface area contributed by atoms with E-state index in [9.17, 15) is 9.59 Å². The minimum Gasteiger partial charge on any atom is -0.493 e. The highest BCUT2D eigenvalue weighted by atomic mass is 16.6. The second-order valence-corrected chi connectivity index (χ2v) is 8.36. The standard InChI is InChI=1S/C29H29NO6/c1-19-29(20(2)31)24-17-23(36-28(32)18-35-22-8-6-5-7-9-22)11-12-25(24)30(19)15-14-21-10-13-26(33-3)27(16-21)34-4/h5-13,16-17H,14-15,18H2,1-4H3. The van der Waals surface area contributed by atoms with Gasteiger partial charge in [-0.1, -0.05) is 24.3 Å². The van der Waals surface area contributed by atoms with Crippen LogP contribution in [0.1, 0.15) is 28.5 Å². The molecule has 7 heteroatoms. The second kappa shape index (κ2) is 11.0. The topological polar surface area (TPSA) is 76.0 Å². The van der Waals surface area contributed by atoms with E-state index in [1.54, 1.807) is 45.4 Å². The number of esters is 1. The molecule has 0 aliphatic heterocycles. The van der Waals surface area contributed by atoms with Crippen LogP contribution in [-0.2, 0) is 17.8 Å². The van der Waals surface area contributed by atoms with E-state index in [-0.39, 0.29) is 12.4 Å². The predicted molar refractivity (Wildman–Crippen MR) is 138 cm³/mol. The van der Waals surface area contributed by atoms with E-state index in [0.717, 1.165) is 28.6 Å². The van der Waals surface area contributed by atoms with Crippen LogP contribution in [0.2, 0.25) is 0 Å². The maximum Gasteiger partial charge on any atom is 0.349 e. The van der Waals surface area contributed by atoms with Gasteiger partial charge in [0.1, 0.15) is 11.5 Å². The van der Waals surface area contributed by atoms with Crippen LogP contribution in [0.25, 0.3) is 10.9 Å². The number of benzene rings is 3. The van der Waals surface area contributed by atoms with Crippen molar-refractivity contribution in [1.82, 2.24) is 4.57 Å². The molecule has 1 aromatic heterocycles. The zero-order valence-electron chi connectivity index (χ0n) is 20.9. The molecular weight excluding hydrogens is 458 g/mol. The molecule has 0 aliphatic rings. The van der Waals surface area contributed by atoms with Crippen molar-refractivity contribution in [2.45, 2.75) is 26.8 Å². The summed E-state index contributed by atoms with van der Waals surface area (Å²) in [6.45, 7) is 3.93. The first-order valence-corrected chi connectivity index (χ1v) is 11.6. The Hall–Kier alpha value is -4.26. The summed E-state index contributed by atoms with van der Waals surface area (Å²) in [5, 5.41) is 0.751. The van der Waals surface area contributed by atoms with Crippen molar-refractivity contribution in [3.05, 3.63) is 83.6 Å². The van der Waals surface area contributed by atoms with Crippen molar-refractivity contribution in [2.24, 2.45) is 0 Å². The van der Waals surface area contributed by atoms with Crippen molar-refractivity contribution in [1.29, 1.82) is 0 Å².